The summed E-state index contributed by atoms with van der Waals surface area (Å²) in [7, 11) is 3.59. The summed E-state index contributed by atoms with van der Waals surface area (Å²) in [5, 5.41) is 23.2. The number of fused-ring (bicyclic) bond motifs is 1. The minimum Gasteiger partial charge on any atom is -0.392 e. The van der Waals surface area contributed by atoms with Crippen molar-refractivity contribution < 1.29 is 4.79 Å². The first-order valence-electron chi connectivity index (χ1n) is 11.0. The Balaban J connectivity index is 1.64. The van der Waals surface area contributed by atoms with Gasteiger partial charge in [-0.15, -0.1) is 22.7 Å². The Kier molecular flexibility index (Phi) is 7.54. The SMILES string of the molecule is CN/C=C(\C=N)n1nc(C(=O)N[C@H](C)c2ccc(-c3ccccc3CNC)s2)c2sccc2c1=O. The highest BCUT2D eigenvalue weighted by Gasteiger charge is 2.22. The molecule has 180 valence electrons. The Morgan fingerprint density at radius 3 is 2.74 bits per heavy atom. The highest BCUT2D eigenvalue weighted by molar-refractivity contribution is 7.17. The lowest BCUT2D eigenvalue weighted by Gasteiger charge is -2.14. The largest absolute Gasteiger partial charge is 0.392 e. The molecular formula is C25H26N6O2S2. The van der Waals surface area contributed by atoms with E-state index in [1.165, 1.54) is 28.7 Å². The molecule has 8 nitrogen and oxygen atoms in total. The molecule has 0 fully saturated rings. The van der Waals surface area contributed by atoms with Gasteiger partial charge in [0.25, 0.3) is 11.5 Å². The second-order valence-corrected chi connectivity index (χ2v) is 9.85. The van der Waals surface area contributed by atoms with Crippen molar-refractivity contribution in [2.24, 2.45) is 0 Å². The molecular weight excluding hydrogens is 480 g/mol. The molecule has 0 aliphatic heterocycles. The predicted octanol–water partition coefficient (Wildman–Crippen LogP) is 4.06. The van der Waals surface area contributed by atoms with Crippen LogP contribution < -0.4 is 21.5 Å². The number of carbonyl (C=O) groups is 1. The lowest BCUT2D eigenvalue weighted by atomic mass is 10.1. The number of benzene rings is 1. The quantitative estimate of drug-likeness (QED) is 0.256. The third-order valence-electron chi connectivity index (χ3n) is 5.45. The zero-order valence-electron chi connectivity index (χ0n) is 19.6. The fourth-order valence-electron chi connectivity index (χ4n) is 3.77. The van der Waals surface area contributed by atoms with Gasteiger partial charge in [0.2, 0.25) is 0 Å². The maximum atomic E-state index is 13.3. The number of allylic oxidation sites excluding steroid dienone is 1. The van der Waals surface area contributed by atoms with Crippen molar-refractivity contribution in [3.8, 4) is 10.4 Å². The number of carbonyl (C=O) groups excluding carboxylic acids is 1. The van der Waals surface area contributed by atoms with Gasteiger partial charge in [-0.2, -0.15) is 9.78 Å². The van der Waals surface area contributed by atoms with Crippen molar-refractivity contribution in [2.75, 3.05) is 14.1 Å². The van der Waals surface area contributed by atoms with Crippen LogP contribution in [0.15, 0.2) is 58.8 Å². The number of hydrogen-bond acceptors (Lipinski definition) is 8. The number of hydrogen-bond donors (Lipinski definition) is 4. The van der Waals surface area contributed by atoms with Crippen LogP contribution in [0.2, 0.25) is 0 Å². The van der Waals surface area contributed by atoms with E-state index in [0.717, 1.165) is 27.2 Å². The van der Waals surface area contributed by atoms with Crippen LogP contribution in [-0.2, 0) is 6.54 Å². The molecule has 0 saturated carbocycles. The van der Waals surface area contributed by atoms with E-state index in [-0.39, 0.29) is 28.9 Å². The summed E-state index contributed by atoms with van der Waals surface area (Å²) >= 11 is 2.93. The molecule has 4 N–H and O–H groups in total. The number of rotatable bonds is 9. The third-order valence-corrected chi connectivity index (χ3v) is 7.68. The smallest absolute Gasteiger partial charge is 0.280 e. The molecule has 35 heavy (non-hydrogen) atoms. The highest BCUT2D eigenvalue weighted by Crippen LogP contribution is 2.33. The van der Waals surface area contributed by atoms with Crippen LogP contribution in [-0.4, -0.2) is 36.0 Å². The molecule has 0 aliphatic rings. The summed E-state index contributed by atoms with van der Waals surface area (Å²) in [6.07, 6.45) is 2.51. The molecule has 4 aromatic rings. The van der Waals surface area contributed by atoms with Gasteiger partial charge >= 0.3 is 0 Å². The topological polar surface area (TPSA) is 112 Å². The highest BCUT2D eigenvalue weighted by atomic mass is 32.1. The van der Waals surface area contributed by atoms with E-state index in [1.54, 1.807) is 29.8 Å². The van der Waals surface area contributed by atoms with Crippen LogP contribution in [0.25, 0.3) is 26.2 Å². The molecule has 1 atom stereocenters. The molecule has 0 saturated heterocycles. The van der Waals surface area contributed by atoms with Crippen molar-refractivity contribution in [2.45, 2.75) is 19.5 Å². The summed E-state index contributed by atoms with van der Waals surface area (Å²) in [5.74, 6) is -0.377. The number of aromatic nitrogens is 2. The minimum atomic E-state index is -0.377. The molecule has 4 rings (SSSR count). The zero-order valence-corrected chi connectivity index (χ0v) is 21.2. The number of nitrogens with one attached hydrogen (secondary N) is 4. The average molecular weight is 507 g/mol. The molecule has 3 heterocycles. The maximum absolute atomic E-state index is 13.3. The molecule has 0 aliphatic carbocycles. The molecule has 0 spiro atoms. The second kappa shape index (κ2) is 10.8. The first kappa shape index (κ1) is 24.5. The molecule has 10 heteroatoms. The van der Waals surface area contributed by atoms with Gasteiger partial charge in [0.15, 0.2) is 5.69 Å². The lowest BCUT2D eigenvalue weighted by molar-refractivity contribution is 0.0936. The van der Waals surface area contributed by atoms with Crippen molar-refractivity contribution in [1.82, 2.24) is 25.7 Å². The van der Waals surface area contributed by atoms with Gasteiger partial charge in [-0.3, -0.25) is 9.59 Å². The Morgan fingerprint density at radius 2 is 2.00 bits per heavy atom. The van der Waals surface area contributed by atoms with Gasteiger partial charge in [-0.25, -0.2) is 0 Å². The van der Waals surface area contributed by atoms with Crippen LogP contribution in [0.1, 0.15) is 33.9 Å². The maximum Gasteiger partial charge on any atom is 0.280 e. The normalized spacial score (nSPS) is 12.5. The van der Waals surface area contributed by atoms with Crippen molar-refractivity contribution >= 4 is 50.6 Å². The van der Waals surface area contributed by atoms with Gasteiger partial charge in [-0.05, 0) is 48.7 Å². The summed E-state index contributed by atoms with van der Waals surface area (Å²) in [4.78, 5) is 28.4. The summed E-state index contributed by atoms with van der Waals surface area (Å²) in [5.41, 5.74) is 2.39. The van der Waals surface area contributed by atoms with Crippen LogP contribution in [0, 0.1) is 5.41 Å². The molecule has 3 aromatic heterocycles. The van der Waals surface area contributed by atoms with E-state index < -0.39 is 0 Å². The zero-order chi connectivity index (χ0) is 24.9. The van der Waals surface area contributed by atoms with Crippen molar-refractivity contribution in [3.05, 3.63) is 80.5 Å². The predicted molar refractivity (Wildman–Crippen MR) is 144 cm³/mol. The molecule has 0 radical (unpaired) electrons. The Bertz CT molecular complexity index is 1470. The molecule has 1 amide bonds. The fraction of sp³-hybridized carbons (Fsp3) is 0.200. The standard InChI is InChI=1S/C25H26N6O2S2/c1-15(20-8-9-21(35-20)18-7-5-4-6-16(18)13-27-2)29-24(32)22-23-19(10-11-34-23)25(33)31(30-22)17(12-26)14-28-3/h4-12,14-15,26-28H,13H2,1-3H3,(H,29,32)/b17-14+,26-12?/t15-/m1/s1. The Morgan fingerprint density at radius 1 is 1.20 bits per heavy atom. The Hall–Kier alpha value is -3.60. The van der Waals surface area contributed by atoms with Gasteiger partial charge in [-0.1, -0.05) is 24.3 Å². The fourth-order valence-corrected chi connectivity index (χ4v) is 5.71. The molecule has 0 unspecified atom stereocenters. The van der Waals surface area contributed by atoms with Gasteiger partial charge in [0.05, 0.1) is 16.1 Å². The van der Waals surface area contributed by atoms with E-state index in [4.69, 9.17) is 5.41 Å². The van der Waals surface area contributed by atoms with Crippen molar-refractivity contribution in [1.29, 1.82) is 5.41 Å². The average Bonchev–Trinajstić information content (AvgIpc) is 3.54. The summed E-state index contributed by atoms with van der Waals surface area (Å²) < 4.78 is 1.61. The van der Waals surface area contributed by atoms with Crippen LogP contribution in [0.4, 0.5) is 0 Å². The Labute approximate surface area is 210 Å². The number of amides is 1. The van der Waals surface area contributed by atoms with Crippen LogP contribution >= 0.6 is 22.7 Å². The lowest BCUT2D eigenvalue weighted by Crippen LogP contribution is -2.31. The molecule has 1 aromatic carbocycles. The third kappa shape index (κ3) is 4.95. The van der Waals surface area contributed by atoms with E-state index in [2.05, 4.69) is 39.2 Å². The van der Waals surface area contributed by atoms with Gasteiger partial charge in [0, 0.05) is 35.8 Å². The van der Waals surface area contributed by atoms with E-state index in [9.17, 15) is 9.59 Å². The minimum absolute atomic E-state index is 0.154. The monoisotopic (exact) mass is 506 g/mol. The summed E-state index contributed by atoms with van der Waals surface area (Å²) in [6.45, 7) is 2.70. The first-order valence-corrected chi connectivity index (χ1v) is 12.7. The number of nitrogens with zero attached hydrogens (tertiary/aromatic N) is 2. The van der Waals surface area contributed by atoms with Crippen LogP contribution in [0.5, 0.6) is 0 Å². The number of thiophene rings is 2. The summed E-state index contributed by atoms with van der Waals surface area (Å²) in [6, 6.07) is 13.8. The van der Waals surface area contributed by atoms with E-state index in [1.807, 2.05) is 32.2 Å². The second-order valence-electron chi connectivity index (χ2n) is 7.82. The first-order chi connectivity index (χ1) is 17.0. The van der Waals surface area contributed by atoms with Gasteiger partial charge < -0.3 is 21.4 Å². The van der Waals surface area contributed by atoms with Crippen molar-refractivity contribution in [3.63, 3.8) is 0 Å². The van der Waals surface area contributed by atoms with Crippen LogP contribution in [0.3, 0.4) is 0 Å². The molecule has 0 bridgehead atoms. The van der Waals surface area contributed by atoms with Gasteiger partial charge in [0.1, 0.15) is 5.70 Å². The van der Waals surface area contributed by atoms with E-state index in [0.29, 0.717) is 10.1 Å². The van der Waals surface area contributed by atoms with E-state index >= 15 is 0 Å².